The number of piperidine rings is 1. The lowest BCUT2D eigenvalue weighted by molar-refractivity contribution is -0.140. The zero-order valence-corrected chi connectivity index (χ0v) is 47.1. The molecule has 6 rings (SSSR count). The zero-order chi connectivity index (χ0) is 60.4. The van der Waals surface area contributed by atoms with Gasteiger partial charge in [0.15, 0.2) is 0 Å². The van der Waals surface area contributed by atoms with Crippen molar-refractivity contribution in [3.63, 3.8) is 0 Å². The molecule has 3 aliphatic rings. The van der Waals surface area contributed by atoms with Gasteiger partial charge in [-0.25, -0.2) is 8.78 Å². The second-order valence-electron chi connectivity index (χ2n) is 21.0. The molecule has 0 saturated carbocycles. The molecule has 26 nitrogen and oxygen atoms in total. The average Bonchev–Trinajstić information content (AvgIpc) is 3.05. The number of benzene rings is 2. The van der Waals surface area contributed by atoms with E-state index in [9.17, 15) is 62.9 Å². The zero-order valence-electron chi connectivity index (χ0n) is 47.1. The molecule has 0 aliphatic carbocycles. The van der Waals surface area contributed by atoms with Gasteiger partial charge in [-0.05, 0) is 68.4 Å². The Morgan fingerprint density at radius 2 is 1.43 bits per heavy atom. The van der Waals surface area contributed by atoms with Gasteiger partial charge in [-0.2, -0.15) is 26.1 Å². The molecule has 4 heterocycles. The van der Waals surface area contributed by atoms with Gasteiger partial charge in [0, 0.05) is 115 Å². The van der Waals surface area contributed by atoms with Crippen molar-refractivity contribution in [1.82, 2.24) is 56.0 Å². The Balaban J connectivity index is 0.956. The molecule has 454 valence electrons. The van der Waals surface area contributed by atoms with Gasteiger partial charge in [-0.1, -0.05) is 29.8 Å². The number of aliphatic carboxylic acids is 3. The fourth-order valence-corrected chi connectivity index (χ4v) is 9.92. The Labute approximate surface area is 485 Å². The second kappa shape index (κ2) is 33.1. The minimum absolute atomic E-state index is 0.0319. The molecule has 3 aromatic rings. The quantitative estimate of drug-likeness (QED) is 0.0322. The van der Waals surface area contributed by atoms with Crippen molar-refractivity contribution in [1.29, 1.82) is 5.26 Å². The van der Waals surface area contributed by atoms with Gasteiger partial charge < -0.3 is 45.9 Å². The van der Waals surface area contributed by atoms with Crippen LogP contribution in [0.3, 0.4) is 0 Å². The maximum absolute atomic E-state index is 13.9. The number of nitriles is 1. The maximum atomic E-state index is 13.9. The molecule has 3 fully saturated rings. The van der Waals surface area contributed by atoms with Crippen LogP contribution >= 0.6 is 0 Å². The van der Waals surface area contributed by atoms with Gasteiger partial charge >= 0.3 is 17.9 Å². The van der Waals surface area contributed by atoms with E-state index in [2.05, 4.69) is 41.9 Å². The molecule has 84 heavy (non-hydrogen) atoms. The summed E-state index contributed by atoms with van der Waals surface area (Å²) in [5, 5.41) is 56.5. The lowest BCUT2D eigenvalue weighted by Crippen LogP contribution is -2.50. The summed E-state index contributed by atoms with van der Waals surface area (Å²) in [5.74, 6) is -7.29. The van der Waals surface area contributed by atoms with Crippen LogP contribution in [-0.2, 0) is 28.8 Å². The first-order valence-electron chi connectivity index (χ1n) is 27.9. The molecule has 7 N–H and O–H groups in total. The van der Waals surface area contributed by atoms with E-state index in [0.717, 1.165) is 41.7 Å². The minimum Gasteiger partial charge on any atom is -0.494 e. The van der Waals surface area contributed by atoms with Crippen LogP contribution in [0.15, 0.2) is 70.0 Å². The molecule has 0 spiro atoms. The van der Waals surface area contributed by atoms with E-state index in [1.807, 2.05) is 41.0 Å². The number of likely N-dealkylation sites (tertiary alicyclic amines) is 2. The minimum atomic E-state index is -3.18. The van der Waals surface area contributed by atoms with E-state index >= 15 is 0 Å². The Morgan fingerprint density at radius 1 is 0.810 bits per heavy atom. The van der Waals surface area contributed by atoms with Crippen LogP contribution in [0.4, 0.5) is 8.78 Å². The van der Waals surface area contributed by atoms with E-state index in [1.165, 1.54) is 24.7 Å². The number of rotatable bonds is 27. The highest BCUT2D eigenvalue weighted by Crippen LogP contribution is 2.32. The van der Waals surface area contributed by atoms with E-state index in [0.29, 0.717) is 42.3 Å². The molecule has 0 bridgehead atoms. The first kappa shape index (κ1) is 64.9. The van der Waals surface area contributed by atoms with Crippen molar-refractivity contribution in [2.45, 2.75) is 69.9 Å². The predicted octanol–water partition coefficient (Wildman–Crippen LogP) is 1.36. The third-order valence-corrected chi connectivity index (χ3v) is 14.5. The smallest absolute Gasteiger partial charge is 0.317 e. The molecular weight excluding hydrogens is 1100 g/mol. The van der Waals surface area contributed by atoms with Crippen molar-refractivity contribution in [2.75, 3.05) is 118 Å². The number of nitrogens with zero attached hydrogens (tertiary/aromatic N) is 11. The van der Waals surface area contributed by atoms with E-state index in [1.54, 1.807) is 45.2 Å². The molecule has 4 amide bonds. The number of amides is 4. The number of alkyl halides is 2. The molecule has 3 aliphatic heterocycles. The van der Waals surface area contributed by atoms with Crippen LogP contribution in [-0.4, -0.2) is 246 Å². The van der Waals surface area contributed by atoms with E-state index in [4.69, 9.17) is 4.74 Å². The molecular formula is C56H75F2N15O11. The highest BCUT2D eigenvalue weighted by Gasteiger charge is 2.47. The normalized spacial score (nSPS) is 18.5. The second-order valence-corrected chi connectivity index (χ2v) is 21.0. The number of fused-ring (bicyclic) bond motifs is 1. The van der Waals surface area contributed by atoms with Gasteiger partial charge in [-0.3, -0.25) is 58.1 Å². The summed E-state index contributed by atoms with van der Waals surface area (Å²) in [7, 11) is 0. The molecule has 2 aromatic carbocycles. The lowest BCUT2D eigenvalue weighted by Gasteiger charge is -2.33. The van der Waals surface area contributed by atoms with Gasteiger partial charge in [0.25, 0.3) is 11.8 Å². The summed E-state index contributed by atoms with van der Waals surface area (Å²) in [6.45, 7) is 3.28. The Hall–Kier alpha value is -8.26. The van der Waals surface area contributed by atoms with Crippen LogP contribution in [0.25, 0.3) is 10.9 Å². The summed E-state index contributed by atoms with van der Waals surface area (Å²) in [6, 6.07) is 14.1. The Bertz CT molecular complexity index is 2820. The number of halogens is 2. The monoisotopic (exact) mass is 1170 g/mol. The number of hydrogen-bond acceptors (Lipinski definition) is 19. The maximum Gasteiger partial charge on any atom is 0.317 e. The van der Waals surface area contributed by atoms with E-state index in [-0.39, 0.29) is 109 Å². The summed E-state index contributed by atoms with van der Waals surface area (Å²) < 4.78 is 33.8. The van der Waals surface area contributed by atoms with E-state index < -0.39 is 73.1 Å². The number of carboxylic acid groups (broad SMARTS) is 3. The summed E-state index contributed by atoms with van der Waals surface area (Å²) in [5.41, 5.74) is 8.23. The van der Waals surface area contributed by atoms with Crippen LogP contribution in [0.2, 0.25) is 0 Å². The average molecular weight is 1170 g/mol. The number of carboxylic acids is 3. The fraction of sp³-hybridized carbons (Fsp3) is 0.536. The number of nitrogens with one attached hydrogen (secondary N) is 4. The number of aromatic nitrogens is 1. The third kappa shape index (κ3) is 22.5. The third-order valence-electron chi connectivity index (χ3n) is 14.5. The Morgan fingerprint density at radius 3 is 2.04 bits per heavy atom. The molecule has 0 radical (unpaired) electrons. The van der Waals surface area contributed by atoms with Crippen molar-refractivity contribution in [3.8, 4) is 11.8 Å². The van der Waals surface area contributed by atoms with Gasteiger partial charge in [0.2, 0.25) is 17.7 Å². The van der Waals surface area contributed by atoms with Crippen LogP contribution in [0, 0.1) is 24.2 Å². The highest BCUT2D eigenvalue weighted by atomic mass is 19.3. The number of carbonyl (C=O) groups excluding carboxylic acids is 4. The number of pyridine rings is 1. The van der Waals surface area contributed by atoms with Crippen molar-refractivity contribution in [2.24, 2.45) is 21.2 Å². The van der Waals surface area contributed by atoms with Crippen LogP contribution in [0.5, 0.6) is 5.75 Å². The molecule has 3 saturated heterocycles. The SMILES string of the molecule is Cc1ccc(/C=N/N/N=C/CC(/C=N\NCCC(=O)N2CCC(CCCOc3ccc4nccc(C(=O)NCC(=O)N5CC(F)(F)C[C@@H]5C#N)c4c3)CC2)NC(=O)CN2CCN(CC(=O)O)CCN(CC(=O)O)CCN(CC(=O)O)CC2)cc1. The first-order valence-corrected chi connectivity index (χ1v) is 27.9. The van der Waals surface area contributed by atoms with Gasteiger partial charge in [-0.15, -0.1) is 0 Å². The van der Waals surface area contributed by atoms with Crippen molar-refractivity contribution in [3.05, 3.63) is 71.4 Å². The Kier molecular flexibility index (Phi) is 25.6. The standard InChI is InChI=1S/C56H75F2N15O11/c1-40-4-6-42(7-5-40)32-65-67-63-16-10-43(66-49(74)35-68-20-22-69(36-52(77)78)24-26-71(38-54(81)82)27-25-70(23-21-68)37-53(79)80)33-64-62-17-12-50(75)72-18-13-41(14-19-72)3-2-28-84-45-8-9-48-47(29-45)46(11-15-60-48)55(83)61-34-51(76)73-39-56(57,58)30-44(73)31-59/h4-9,11,15-16,29,32-33,41,43-44,62,67H,2-3,10,12-14,17-28,30,34-39H2,1H3,(H,61,83)(H,66,74)(H,77,78)(H,79,80)(H,81,82)/b63-16+,64-33-,65-32+/t43?,44-/m1/s1. The number of carbonyl (C=O) groups is 7. The highest BCUT2D eigenvalue weighted by molar-refractivity contribution is 6.07. The summed E-state index contributed by atoms with van der Waals surface area (Å²) >= 11 is 0. The molecule has 1 unspecified atom stereocenters. The first-order chi connectivity index (χ1) is 40.3. The van der Waals surface area contributed by atoms with Gasteiger partial charge in [0.05, 0.1) is 75.3 Å². The lowest BCUT2D eigenvalue weighted by atomic mass is 9.92. The number of hydrogen-bond donors (Lipinski definition) is 7. The summed E-state index contributed by atoms with van der Waals surface area (Å²) in [4.78, 5) is 102. The largest absolute Gasteiger partial charge is 0.494 e. The number of hydrazone groups is 3. The fourth-order valence-electron chi connectivity index (χ4n) is 9.92. The van der Waals surface area contributed by atoms with Crippen molar-refractivity contribution >= 4 is 71.1 Å². The molecule has 1 aromatic heterocycles. The van der Waals surface area contributed by atoms with Gasteiger partial charge in [0.1, 0.15) is 11.8 Å². The predicted molar refractivity (Wildman–Crippen MR) is 306 cm³/mol. The molecule has 2 atom stereocenters. The van der Waals surface area contributed by atoms with Crippen LogP contribution < -0.4 is 26.3 Å². The topological polar surface area (TPSA) is 331 Å². The van der Waals surface area contributed by atoms with Crippen LogP contribution in [0.1, 0.15) is 66.4 Å². The molecule has 28 heteroatoms. The number of ether oxygens (including phenoxy) is 1. The number of aryl methyl sites for hydroxylation is 1. The van der Waals surface area contributed by atoms with Crippen molar-refractivity contribution < 1.29 is 62.4 Å². The summed E-state index contributed by atoms with van der Waals surface area (Å²) in [6.07, 6.45) is 8.94.